The van der Waals surface area contributed by atoms with E-state index in [1.165, 1.54) is 48.4 Å². The molecule has 0 unspecified atom stereocenters. The Labute approximate surface area is 190 Å². The van der Waals surface area contributed by atoms with E-state index < -0.39 is 15.3 Å². The molecule has 1 heterocycles. The molecule has 0 saturated carbocycles. The van der Waals surface area contributed by atoms with Crippen molar-refractivity contribution in [2.45, 2.75) is 22.0 Å². The van der Waals surface area contributed by atoms with E-state index in [0.29, 0.717) is 17.2 Å². The lowest BCUT2D eigenvalue weighted by atomic mass is 10.3. The molecule has 1 aromatic heterocycles. The van der Waals surface area contributed by atoms with E-state index in [-0.39, 0.29) is 16.8 Å². The number of anilines is 2. The van der Waals surface area contributed by atoms with Gasteiger partial charge in [-0.3, -0.25) is 4.79 Å². The van der Waals surface area contributed by atoms with E-state index >= 15 is 0 Å². The molecule has 0 fully saturated rings. The van der Waals surface area contributed by atoms with E-state index in [1.807, 2.05) is 6.07 Å². The highest BCUT2D eigenvalue weighted by atomic mass is 32.2. The summed E-state index contributed by atoms with van der Waals surface area (Å²) in [7, 11) is -0.733. The number of hydrogen-bond acceptors (Lipinski definition) is 8. The Hall–Kier alpha value is -3.31. The maximum absolute atomic E-state index is 12.6. The number of carbonyl (C=O) groups excluding carboxylic acids is 1. The lowest BCUT2D eigenvalue weighted by molar-refractivity contribution is -0.115. The smallest absolute Gasteiger partial charge is 0.264 e. The van der Waals surface area contributed by atoms with Crippen LogP contribution in [0, 0.1) is 0 Å². The second-order valence-electron chi connectivity index (χ2n) is 6.47. The largest absolute Gasteiger partial charge is 0.493 e. The van der Waals surface area contributed by atoms with Gasteiger partial charge >= 0.3 is 0 Å². The van der Waals surface area contributed by atoms with Crippen LogP contribution in [0.15, 0.2) is 70.7 Å². The summed E-state index contributed by atoms with van der Waals surface area (Å²) in [6.07, 6.45) is 2.87. The van der Waals surface area contributed by atoms with Crippen LogP contribution < -0.4 is 19.5 Å². The Balaban J connectivity index is 1.63. The van der Waals surface area contributed by atoms with Crippen molar-refractivity contribution in [3.63, 3.8) is 0 Å². The van der Waals surface area contributed by atoms with E-state index in [4.69, 9.17) is 9.47 Å². The Bertz CT molecular complexity index is 1170. The zero-order valence-electron chi connectivity index (χ0n) is 17.6. The van der Waals surface area contributed by atoms with Gasteiger partial charge in [-0.15, -0.1) is 11.8 Å². The van der Waals surface area contributed by atoms with E-state index in [1.54, 1.807) is 39.3 Å². The van der Waals surface area contributed by atoms with Gasteiger partial charge in [-0.25, -0.2) is 23.1 Å². The van der Waals surface area contributed by atoms with Crippen LogP contribution in [0.3, 0.4) is 0 Å². The number of amides is 1. The summed E-state index contributed by atoms with van der Waals surface area (Å²) < 4.78 is 37.7. The van der Waals surface area contributed by atoms with Crippen LogP contribution in [0.4, 0.5) is 11.6 Å². The summed E-state index contributed by atoms with van der Waals surface area (Å²) in [4.78, 5) is 21.1. The summed E-state index contributed by atoms with van der Waals surface area (Å²) >= 11 is 1.36. The van der Waals surface area contributed by atoms with Crippen molar-refractivity contribution in [3.05, 3.63) is 60.9 Å². The fourth-order valence-corrected chi connectivity index (χ4v) is 4.49. The van der Waals surface area contributed by atoms with E-state index in [2.05, 4.69) is 20.0 Å². The van der Waals surface area contributed by atoms with Gasteiger partial charge in [0.1, 0.15) is 0 Å². The lowest BCUT2D eigenvalue weighted by Gasteiger charge is -2.14. The van der Waals surface area contributed by atoms with Gasteiger partial charge in [-0.1, -0.05) is 0 Å². The average molecular weight is 475 g/mol. The van der Waals surface area contributed by atoms with E-state index in [0.717, 1.165) is 4.90 Å². The monoisotopic (exact) mass is 474 g/mol. The first kappa shape index (κ1) is 23.4. The zero-order valence-corrected chi connectivity index (χ0v) is 19.2. The predicted molar refractivity (Wildman–Crippen MR) is 123 cm³/mol. The van der Waals surface area contributed by atoms with Crippen molar-refractivity contribution in [2.24, 2.45) is 0 Å². The number of nitrogens with zero attached hydrogens (tertiary/aromatic N) is 2. The number of thioether (sulfide) groups is 1. The van der Waals surface area contributed by atoms with Crippen molar-refractivity contribution in [2.75, 3.05) is 24.3 Å². The number of ether oxygens (including phenoxy) is 2. The molecule has 0 radical (unpaired) electrons. The maximum Gasteiger partial charge on any atom is 0.264 e. The number of methoxy groups -OCH3 is 2. The summed E-state index contributed by atoms with van der Waals surface area (Å²) in [6, 6.07) is 12.8. The standard InChI is InChI=1S/C21H22N4O5S2/c1-14(31-16-7-10-18(29-2)19(13-16)30-3)20(26)24-15-5-8-17(9-6-15)32(27,28)25-21-22-11-4-12-23-21/h4-14H,1-3H3,(H,24,26)(H,22,23,25)/t14-/m0/s1. The highest BCUT2D eigenvalue weighted by molar-refractivity contribution is 8.00. The van der Waals surface area contributed by atoms with E-state index in [9.17, 15) is 13.2 Å². The van der Waals surface area contributed by atoms with Gasteiger partial charge in [-0.05, 0) is 55.5 Å². The molecule has 32 heavy (non-hydrogen) atoms. The van der Waals surface area contributed by atoms with Crippen LogP contribution in [0.2, 0.25) is 0 Å². The molecule has 1 amide bonds. The minimum atomic E-state index is -3.84. The molecule has 1 atom stereocenters. The second-order valence-corrected chi connectivity index (χ2v) is 9.57. The molecule has 0 bridgehead atoms. The molecule has 0 aliphatic heterocycles. The third-order valence-electron chi connectivity index (χ3n) is 4.26. The Morgan fingerprint density at radius 2 is 1.66 bits per heavy atom. The molecule has 0 aliphatic rings. The van der Waals surface area contributed by atoms with Crippen molar-refractivity contribution in [3.8, 4) is 11.5 Å². The summed E-state index contributed by atoms with van der Waals surface area (Å²) in [5.41, 5.74) is 0.477. The number of rotatable bonds is 9. The second kappa shape index (κ2) is 10.3. The number of carbonyl (C=O) groups is 1. The van der Waals surface area contributed by atoms with Crippen LogP contribution in [-0.2, 0) is 14.8 Å². The third-order valence-corrected chi connectivity index (χ3v) is 6.70. The molecule has 9 nitrogen and oxygen atoms in total. The van der Waals surface area contributed by atoms with Crippen molar-refractivity contribution in [1.29, 1.82) is 0 Å². The van der Waals surface area contributed by atoms with Crippen molar-refractivity contribution >= 4 is 39.3 Å². The van der Waals surface area contributed by atoms with Crippen molar-refractivity contribution in [1.82, 2.24) is 9.97 Å². The van der Waals surface area contributed by atoms with Crippen LogP contribution >= 0.6 is 11.8 Å². The molecule has 3 aromatic rings. The minimum absolute atomic E-state index is 0.0223. The molecule has 168 valence electrons. The zero-order chi connectivity index (χ0) is 23.1. The molecule has 0 saturated heterocycles. The lowest BCUT2D eigenvalue weighted by Crippen LogP contribution is -2.22. The van der Waals surface area contributed by atoms with Gasteiger partial charge in [0.2, 0.25) is 11.9 Å². The molecule has 0 aliphatic carbocycles. The van der Waals surface area contributed by atoms with Crippen LogP contribution in [0.5, 0.6) is 11.5 Å². The SMILES string of the molecule is COc1ccc(S[C@@H](C)C(=O)Nc2ccc(S(=O)(=O)Nc3ncccn3)cc2)cc1OC. The number of hydrogen-bond donors (Lipinski definition) is 2. The Morgan fingerprint density at radius 1 is 1.00 bits per heavy atom. The number of benzene rings is 2. The number of aromatic nitrogens is 2. The highest BCUT2D eigenvalue weighted by Gasteiger charge is 2.18. The van der Waals surface area contributed by atoms with Gasteiger partial charge in [0.15, 0.2) is 11.5 Å². The number of nitrogens with one attached hydrogen (secondary N) is 2. The van der Waals surface area contributed by atoms with Crippen LogP contribution in [0.25, 0.3) is 0 Å². The van der Waals surface area contributed by atoms with Gasteiger partial charge in [-0.2, -0.15) is 0 Å². The van der Waals surface area contributed by atoms with Gasteiger partial charge in [0.05, 0.1) is 24.4 Å². The van der Waals surface area contributed by atoms with Gasteiger partial charge in [0.25, 0.3) is 10.0 Å². The molecule has 0 spiro atoms. The molecule has 3 rings (SSSR count). The first-order valence-electron chi connectivity index (χ1n) is 9.42. The van der Waals surface area contributed by atoms with Crippen LogP contribution in [-0.4, -0.2) is 43.8 Å². The molecular weight excluding hydrogens is 452 g/mol. The van der Waals surface area contributed by atoms with Gasteiger partial charge < -0.3 is 14.8 Å². The maximum atomic E-state index is 12.6. The molecule has 2 N–H and O–H groups in total. The number of sulfonamides is 1. The molecular formula is C21H22N4O5S2. The summed E-state index contributed by atoms with van der Waals surface area (Å²) in [5.74, 6) is 0.941. The highest BCUT2D eigenvalue weighted by Crippen LogP contribution is 2.33. The van der Waals surface area contributed by atoms with Gasteiger partial charge in [0, 0.05) is 23.0 Å². The summed E-state index contributed by atoms with van der Waals surface area (Å²) in [6.45, 7) is 1.78. The first-order chi connectivity index (χ1) is 15.3. The van der Waals surface area contributed by atoms with Crippen LogP contribution in [0.1, 0.15) is 6.92 Å². The third kappa shape index (κ3) is 5.89. The molecule has 2 aromatic carbocycles. The fourth-order valence-electron chi connectivity index (χ4n) is 2.64. The normalized spacial score (nSPS) is 12.0. The predicted octanol–water partition coefficient (Wildman–Crippen LogP) is 3.41. The summed E-state index contributed by atoms with van der Waals surface area (Å²) in [5, 5.41) is 2.38. The quantitative estimate of drug-likeness (QED) is 0.453. The average Bonchev–Trinajstić information content (AvgIpc) is 2.79. The Morgan fingerprint density at radius 3 is 2.28 bits per heavy atom. The first-order valence-corrected chi connectivity index (χ1v) is 11.8. The minimum Gasteiger partial charge on any atom is -0.493 e. The fraction of sp³-hybridized carbons (Fsp3) is 0.190. The Kier molecular flexibility index (Phi) is 7.54. The van der Waals surface area contributed by atoms with Crippen molar-refractivity contribution < 1.29 is 22.7 Å². The topological polar surface area (TPSA) is 120 Å². The molecule has 11 heteroatoms.